The fourth-order valence-electron chi connectivity index (χ4n) is 3.41. The molecule has 0 amide bonds. The Morgan fingerprint density at radius 1 is 0.950 bits per heavy atom. The van der Waals surface area contributed by atoms with Crippen molar-refractivity contribution >= 4 is 5.97 Å². The van der Waals surface area contributed by atoms with E-state index in [1.165, 1.54) is 23.8 Å². The lowest BCUT2D eigenvalue weighted by Crippen LogP contribution is -2.23. The maximum absolute atomic E-state index is 12.3. The van der Waals surface area contributed by atoms with Crippen molar-refractivity contribution in [2.75, 3.05) is 7.11 Å². The highest BCUT2D eigenvalue weighted by molar-refractivity contribution is 5.78. The Kier molecular flexibility index (Phi) is 3.31. The van der Waals surface area contributed by atoms with E-state index in [0.717, 1.165) is 0 Å². The highest BCUT2D eigenvalue weighted by atomic mass is 16.5. The first-order valence-electron chi connectivity index (χ1n) is 6.95. The van der Waals surface area contributed by atoms with Crippen LogP contribution in [-0.4, -0.2) is 13.1 Å². The number of hydrogen-bond donors (Lipinski definition) is 0. The first kappa shape index (κ1) is 12.9. The van der Waals surface area contributed by atoms with Crippen molar-refractivity contribution in [3.8, 4) is 0 Å². The zero-order valence-electron chi connectivity index (χ0n) is 11.7. The smallest absolute Gasteiger partial charge is 0.310 e. The summed E-state index contributed by atoms with van der Waals surface area (Å²) in [7, 11) is 1.47. The molecule has 0 saturated carbocycles. The number of benzene rings is 2. The number of fused-ring (bicyclic) bond motifs is 1. The number of methoxy groups -OCH3 is 1. The Morgan fingerprint density at radius 3 is 2.20 bits per heavy atom. The molecule has 0 radical (unpaired) electrons. The number of ether oxygens (including phenoxy) is 1. The maximum atomic E-state index is 12.3. The summed E-state index contributed by atoms with van der Waals surface area (Å²) < 4.78 is 5.05. The largest absolute Gasteiger partial charge is 0.469 e. The topological polar surface area (TPSA) is 26.3 Å². The standard InChI is InChI=1S/C18H18O2/c1-12-14-10-6-7-11-15(14)17(16(12)18(19)20-2)13-8-4-3-5-9-13/h3-12,16-17H,1-2H3/t12-,16+,17+/m0/s1. The molecule has 0 spiro atoms. The van der Waals surface area contributed by atoms with E-state index in [9.17, 15) is 4.79 Å². The minimum absolute atomic E-state index is 0.0925. The Labute approximate surface area is 119 Å². The number of carbonyl (C=O) groups excluding carboxylic acids is 1. The lowest BCUT2D eigenvalue weighted by Gasteiger charge is -2.21. The van der Waals surface area contributed by atoms with Gasteiger partial charge < -0.3 is 4.74 Å². The molecule has 0 aliphatic heterocycles. The average molecular weight is 266 g/mol. The predicted octanol–water partition coefficient (Wildman–Crippen LogP) is 3.72. The second kappa shape index (κ2) is 5.12. The minimum Gasteiger partial charge on any atom is -0.469 e. The second-order valence-corrected chi connectivity index (χ2v) is 5.35. The summed E-state index contributed by atoms with van der Waals surface area (Å²) in [4.78, 5) is 12.3. The van der Waals surface area contributed by atoms with E-state index in [-0.39, 0.29) is 23.7 Å². The molecule has 2 heteroatoms. The van der Waals surface area contributed by atoms with Crippen molar-refractivity contribution in [1.29, 1.82) is 0 Å². The summed E-state index contributed by atoms with van der Waals surface area (Å²) in [6, 6.07) is 18.6. The first-order valence-corrected chi connectivity index (χ1v) is 6.95. The molecule has 2 nitrogen and oxygen atoms in total. The van der Waals surface area contributed by atoms with E-state index in [4.69, 9.17) is 4.74 Å². The van der Waals surface area contributed by atoms with E-state index < -0.39 is 0 Å². The molecule has 2 aromatic rings. The molecule has 0 heterocycles. The molecule has 0 aromatic heterocycles. The van der Waals surface area contributed by atoms with Gasteiger partial charge in [0, 0.05) is 5.92 Å². The maximum Gasteiger partial charge on any atom is 0.310 e. The highest BCUT2D eigenvalue weighted by Crippen LogP contribution is 2.49. The normalized spacial score (nSPS) is 24.2. The molecule has 0 bridgehead atoms. The van der Waals surface area contributed by atoms with Gasteiger partial charge in [-0.2, -0.15) is 0 Å². The molecule has 0 saturated heterocycles. The van der Waals surface area contributed by atoms with Crippen LogP contribution in [0.3, 0.4) is 0 Å². The number of esters is 1. The van der Waals surface area contributed by atoms with Gasteiger partial charge in [0.1, 0.15) is 0 Å². The fraction of sp³-hybridized carbons (Fsp3) is 0.278. The van der Waals surface area contributed by atoms with Gasteiger partial charge in [0.2, 0.25) is 0 Å². The van der Waals surface area contributed by atoms with Crippen LogP contribution in [0.25, 0.3) is 0 Å². The molecular formula is C18H18O2. The van der Waals surface area contributed by atoms with E-state index >= 15 is 0 Å². The summed E-state index contributed by atoms with van der Waals surface area (Å²) in [6.07, 6.45) is 0. The summed E-state index contributed by atoms with van der Waals surface area (Å²) in [5.41, 5.74) is 3.69. The molecule has 3 rings (SSSR count). The third kappa shape index (κ3) is 1.92. The van der Waals surface area contributed by atoms with Gasteiger partial charge in [-0.3, -0.25) is 4.79 Å². The monoisotopic (exact) mass is 266 g/mol. The van der Waals surface area contributed by atoms with Crippen LogP contribution in [0, 0.1) is 5.92 Å². The average Bonchev–Trinajstić information content (AvgIpc) is 2.81. The van der Waals surface area contributed by atoms with Gasteiger partial charge in [-0.25, -0.2) is 0 Å². The lowest BCUT2D eigenvalue weighted by atomic mass is 9.83. The zero-order valence-corrected chi connectivity index (χ0v) is 11.7. The van der Waals surface area contributed by atoms with Crippen LogP contribution in [0.4, 0.5) is 0 Å². The SMILES string of the molecule is COC(=O)[C@H]1[C@H](c2ccccc2)c2ccccc2[C@@H]1C. The minimum atomic E-state index is -0.139. The Bertz CT molecular complexity index is 618. The van der Waals surface area contributed by atoms with Crippen molar-refractivity contribution in [3.63, 3.8) is 0 Å². The van der Waals surface area contributed by atoms with E-state index in [0.29, 0.717) is 0 Å². The number of carbonyl (C=O) groups is 1. The first-order chi connectivity index (χ1) is 9.74. The van der Waals surface area contributed by atoms with Gasteiger partial charge in [0.15, 0.2) is 0 Å². The summed E-state index contributed by atoms with van der Waals surface area (Å²) in [5, 5.41) is 0. The number of rotatable bonds is 2. The molecule has 0 fully saturated rings. The predicted molar refractivity (Wildman–Crippen MR) is 78.6 cm³/mol. The van der Waals surface area contributed by atoms with Crippen molar-refractivity contribution in [2.45, 2.75) is 18.8 Å². The van der Waals surface area contributed by atoms with Crippen molar-refractivity contribution in [3.05, 3.63) is 71.3 Å². The van der Waals surface area contributed by atoms with E-state index in [1.54, 1.807) is 0 Å². The van der Waals surface area contributed by atoms with Gasteiger partial charge in [0.05, 0.1) is 13.0 Å². The van der Waals surface area contributed by atoms with E-state index in [1.807, 2.05) is 30.3 Å². The highest BCUT2D eigenvalue weighted by Gasteiger charge is 2.43. The molecule has 1 aliphatic carbocycles. The van der Waals surface area contributed by atoms with Crippen LogP contribution in [0.2, 0.25) is 0 Å². The Morgan fingerprint density at radius 2 is 1.55 bits per heavy atom. The van der Waals surface area contributed by atoms with Crippen LogP contribution >= 0.6 is 0 Å². The van der Waals surface area contributed by atoms with Crippen LogP contribution in [0.5, 0.6) is 0 Å². The summed E-state index contributed by atoms with van der Waals surface area (Å²) in [6.45, 7) is 2.11. The van der Waals surface area contributed by atoms with Crippen LogP contribution < -0.4 is 0 Å². The molecular weight excluding hydrogens is 248 g/mol. The molecule has 0 N–H and O–H groups in total. The van der Waals surface area contributed by atoms with E-state index in [2.05, 4.69) is 31.2 Å². The van der Waals surface area contributed by atoms with Gasteiger partial charge in [-0.1, -0.05) is 61.5 Å². The summed E-state index contributed by atoms with van der Waals surface area (Å²) in [5.74, 6) is 0.0149. The second-order valence-electron chi connectivity index (χ2n) is 5.35. The van der Waals surface area contributed by atoms with Gasteiger partial charge in [0.25, 0.3) is 0 Å². The molecule has 0 unspecified atom stereocenters. The molecule has 20 heavy (non-hydrogen) atoms. The van der Waals surface area contributed by atoms with Crippen molar-refractivity contribution in [1.82, 2.24) is 0 Å². The number of hydrogen-bond acceptors (Lipinski definition) is 2. The fourth-order valence-corrected chi connectivity index (χ4v) is 3.41. The third-order valence-electron chi connectivity index (χ3n) is 4.35. The molecule has 2 aromatic carbocycles. The lowest BCUT2D eigenvalue weighted by molar-refractivity contribution is -0.146. The molecule has 3 atom stereocenters. The van der Waals surface area contributed by atoms with Crippen molar-refractivity contribution < 1.29 is 9.53 Å². The third-order valence-corrected chi connectivity index (χ3v) is 4.35. The van der Waals surface area contributed by atoms with Gasteiger partial charge in [-0.15, -0.1) is 0 Å². The van der Waals surface area contributed by atoms with Crippen LogP contribution in [0.1, 0.15) is 35.4 Å². The van der Waals surface area contributed by atoms with Gasteiger partial charge in [-0.05, 0) is 22.6 Å². The molecule has 102 valence electrons. The van der Waals surface area contributed by atoms with Crippen LogP contribution in [0.15, 0.2) is 54.6 Å². The molecule has 1 aliphatic rings. The zero-order chi connectivity index (χ0) is 14.1. The summed E-state index contributed by atoms with van der Waals surface area (Å²) >= 11 is 0. The quantitative estimate of drug-likeness (QED) is 0.774. The Hall–Kier alpha value is -2.09. The Balaban J connectivity index is 2.14. The van der Waals surface area contributed by atoms with Gasteiger partial charge >= 0.3 is 5.97 Å². The van der Waals surface area contributed by atoms with Crippen molar-refractivity contribution in [2.24, 2.45) is 5.92 Å². The van der Waals surface area contributed by atoms with Crippen LogP contribution in [-0.2, 0) is 9.53 Å².